The molecule has 2 nitrogen and oxygen atoms in total. The van der Waals surface area contributed by atoms with E-state index in [1.165, 1.54) is 0 Å². The number of hydrogen-bond donors (Lipinski definition) is 0. The van der Waals surface area contributed by atoms with Gasteiger partial charge in [-0.15, -0.1) is 0 Å². The van der Waals surface area contributed by atoms with Crippen LogP contribution in [0.3, 0.4) is 0 Å². The molecule has 0 aromatic heterocycles. The second kappa shape index (κ2) is 4.00. The van der Waals surface area contributed by atoms with Crippen molar-refractivity contribution in [1.29, 1.82) is 0 Å². The second-order valence-corrected chi connectivity index (χ2v) is 4.84. The zero-order valence-corrected chi connectivity index (χ0v) is 10.5. The van der Waals surface area contributed by atoms with Gasteiger partial charge in [0.2, 0.25) is 0 Å². The Hall–Kier alpha value is -1.61. The topological polar surface area (TPSA) is 26.3 Å². The summed E-state index contributed by atoms with van der Waals surface area (Å²) in [5.74, 6) is -0.245. The van der Waals surface area contributed by atoms with Crippen molar-refractivity contribution in [2.75, 3.05) is 0 Å². The molecule has 3 rings (SSSR count). The largest absolute Gasteiger partial charge is 0.449 e. The van der Waals surface area contributed by atoms with Crippen LogP contribution in [-0.2, 0) is 4.74 Å². The van der Waals surface area contributed by atoms with Crippen LogP contribution in [0.15, 0.2) is 53.0 Å². The molecule has 1 unspecified atom stereocenters. The van der Waals surface area contributed by atoms with Crippen molar-refractivity contribution in [3.05, 3.63) is 69.7 Å². The van der Waals surface area contributed by atoms with Gasteiger partial charge in [-0.2, -0.15) is 0 Å². The van der Waals surface area contributed by atoms with Crippen molar-refractivity contribution in [3.8, 4) is 0 Å². The maximum absolute atomic E-state index is 11.7. The minimum Gasteiger partial charge on any atom is -0.449 e. The number of rotatable bonds is 1. The lowest BCUT2D eigenvalue weighted by molar-refractivity contribution is 0.0456. The van der Waals surface area contributed by atoms with Gasteiger partial charge in [0.1, 0.15) is 0 Å². The summed E-state index contributed by atoms with van der Waals surface area (Å²) in [6.07, 6.45) is -0.281. The minimum absolute atomic E-state index is 0.245. The first-order chi connectivity index (χ1) is 8.25. The van der Waals surface area contributed by atoms with Crippen LogP contribution in [0.1, 0.15) is 27.6 Å². The van der Waals surface area contributed by atoms with E-state index in [0.29, 0.717) is 5.56 Å². The Morgan fingerprint density at radius 2 is 1.88 bits per heavy atom. The summed E-state index contributed by atoms with van der Waals surface area (Å²) in [6.45, 7) is 0. The molecule has 0 saturated heterocycles. The molecule has 0 bridgehead atoms. The quantitative estimate of drug-likeness (QED) is 0.748. The normalized spacial score (nSPS) is 17.7. The van der Waals surface area contributed by atoms with E-state index in [1.807, 2.05) is 42.5 Å². The number of carbonyl (C=O) groups is 1. The fourth-order valence-corrected chi connectivity index (χ4v) is 2.48. The number of hydrogen-bond acceptors (Lipinski definition) is 2. The van der Waals surface area contributed by atoms with Crippen molar-refractivity contribution >= 4 is 21.9 Å². The Bertz CT molecular complexity index is 592. The number of esters is 1. The summed E-state index contributed by atoms with van der Waals surface area (Å²) in [5.41, 5.74) is 2.59. The molecule has 1 atom stereocenters. The zero-order chi connectivity index (χ0) is 11.8. The zero-order valence-electron chi connectivity index (χ0n) is 8.89. The Morgan fingerprint density at radius 3 is 2.71 bits per heavy atom. The lowest BCUT2D eigenvalue weighted by atomic mass is 9.99. The lowest BCUT2D eigenvalue weighted by Gasteiger charge is -2.11. The van der Waals surface area contributed by atoms with E-state index in [1.54, 1.807) is 6.07 Å². The number of ether oxygens (including phenoxy) is 1. The maximum Gasteiger partial charge on any atom is 0.339 e. The van der Waals surface area contributed by atoms with E-state index in [2.05, 4.69) is 15.9 Å². The van der Waals surface area contributed by atoms with Crippen LogP contribution in [0.2, 0.25) is 0 Å². The van der Waals surface area contributed by atoms with Crippen molar-refractivity contribution in [1.82, 2.24) is 0 Å². The fraction of sp³-hybridized carbons (Fsp3) is 0.0714. The number of carbonyl (C=O) groups excluding carboxylic acids is 1. The molecule has 1 heterocycles. The molecule has 2 aromatic carbocycles. The first kappa shape index (κ1) is 10.5. The van der Waals surface area contributed by atoms with Gasteiger partial charge in [-0.3, -0.25) is 0 Å². The van der Waals surface area contributed by atoms with Gasteiger partial charge in [-0.25, -0.2) is 4.79 Å². The highest BCUT2D eigenvalue weighted by Crippen LogP contribution is 2.36. The third-order valence-corrected chi connectivity index (χ3v) is 3.33. The molecular formula is C14H9BrO2. The predicted molar refractivity (Wildman–Crippen MR) is 67.8 cm³/mol. The maximum atomic E-state index is 11.7. The molecule has 0 aliphatic carbocycles. The molecule has 0 spiro atoms. The molecule has 84 valence electrons. The molecule has 0 fully saturated rings. The van der Waals surface area contributed by atoms with Gasteiger partial charge in [-0.1, -0.05) is 46.3 Å². The van der Waals surface area contributed by atoms with Crippen molar-refractivity contribution in [2.24, 2.45) is 0 Å². The van der Waals surface area contributed by atoms with Crippen LogP contribution in [0.25, 0.3) is 0 Å². The molecular weight excluding hydrogens is 280 g/mol. The standard InChI is InChI=1S/C14H9BrO2/c15-10-5-3-4-9(8-10)13-11-6-1-2-7-12(11)14(16)17-13/h1-8,13H. The molecule has 17 heavy (non-hydrogen) atoms. The third kappa shape index (κ3) is 1.76. The summed E-state index contributed by atoms with van der Waals surface area (Å²) in [7, 11) is 0. The first-order valence-corrected chi connectivity index (χ1v) is 6.10. The Morgan fingerprint density at radius 1 is 1.06 bits per heavy atom. The number of cyclic esters (lactones) is 1. The Kier molecular flexibility index (Phi) is 2.48. The van der Waals surface area contributed by atoms with E-state index in [-0.39, 0.29) is 12.1 Å². The van der Waals surface area contributed by atoms with Crippen LogP contribution >= 0.6 is 15.9 Å². The van der Waals surface area contributed by atoms with Gasteiger partial charge >= 0.3 is 5.97 Å². The molecule has 0 amide bonds. The summed E-state index contributed by atoms with van der Waals surface area (Å²) >= 11 is 3.42. The summed E-state index contributed by atoms with van der Waals surface area (Å²) < 4.78 is 6.39. The van der Waals surface area contributed by atoms with Crippen molar-refractivity contribution < 1.29 is 9.53 Å². The van der Waals surface area contributed by atoms with E-state index < -0.39 is 0 Å². The highest BCUT2D eigenvalue weighted by atomic mass is 79.9. The van der Waals surface area contributed by atoms with E-state index >= 15 is 0 Å². The van der Waals surface area contributed by atoms with Crippen LogP contribution in [0.4, 0.5) is 0 Å². The van der Waals surface area contributed by atoms with Gasteiger partial charge in [0.05, 0.1) is 5.56 Å². The van der Waals surface area contributed by atoms with E-state index in [4.69, 9.17) is 4.74 Å². The van der Waals surface area contributed by atoms with E-state index in [0.717, 1.165) is 15.6 Å². The summed E-state index contributed by atoms with van der Waals surface area (Å²) in [4.78, 5) is 11.7. The van der Waals surface area contributed by atoms with Gasteiger partial charge < -0.3 is 4.74 Å². The SMILES string of the molecule is O=C1OC(c2cccc(Br)c2)c2ccccc21. The van der Waals surface area contributed by atoms with E-state index in [9.17, 15) is 4.79 Å². The molecule has 0 saturated carbocycles. The van der Waals surface area contributed by atoms with Crippen LogP contribution in [-0.4, -0.2) is 5.97 Å². The summed E-state index contributed by atoms with van der Waals surface area (Å²) in [6, 6.07) is 15.3. The first-order valence-electron chi connectivity index (χ1n) is 5.31. The van der Waals surface area contributed by atoms with Crippen LogP contribution in [0.5, 0.6) is 0 Å². The number of benzene rings is 2. The number of fused-ring (bicyclic) bond motifs is 1. The smallest absolute Gasteiger partial charge is 0.339 e. The highest BCUT2D eigenvalue weighted by molar-refractivity contribution is 9.10. The van der Waals surface area contributed by atoms with Gasteiger partial charge in [0.25, 0.3) is 0 Å². The van der Waals surface area contributed by atoms with Gasteiger partial charge in [0, 0.05) is 10.0 Å². The predicted octanol–water partition coefficient (Wildman–Crippen LogP) is 3.71. The summed E-state index contributed by atoms with van der Waals surface area (Å²) in [5, 5.41) is 0. The molecule has 3 heteroatoms. The van der Waals surface area contributed by atoms with Crippen LogP contribution < -0.4 is 0 Å². The monoisotopic (exact) mass is 288 g/mol. The van der Waals surface area contributed by atoms with Gasteiger partial charge in [-0.05, 0) is 23.8 Å². The average molecular weight is 289 g/mol. The second-order valence-electron chi connectivity index (χ2n) is 3.93. The molecule has 1 aliphatic rings. The lowest BCUT2D eigenvalue weighted by Crippen LogP contribution is -2.00. The molecule has 2 aromatic rings. The van der Waals surface area contributed by atoms with Gasteiger partial charge in [0.15, 0.2) is 6.10 Å². The number of halogens is 1. The van der Waals surface area contributed by atoms with Crippen molar-refractivity contribution in [2.45, 2.75) is 6.10 Å². The minimum atomic E-state index is -0.281. The Balaban J connectivity index is 2.10. The Labute approximate surface area is 107 Å². The van der Waals surface area contributed by atoms with Crippen molar-refractivity contribution in [3.63, 3.8) is 0 Å². The molecule has 0 N–H and O–H groups in total. The fourth-order valence-electron chi connectivity index (χ4n) is 2.06. The highest BCUT2D eigenvalue weighted by Gasteiger charge is 2.31. The van der Waals surface area contributed by atoms with Crippen LogP contribution in [0, 0.1) is 0 Å². The average Bonchev–Trinajstić information content (AvgIpc) is 2.68. The molecule has 0 radical (unpaired) electrons. The third-order valence-electron chi connectivity index (χ3n) is 2.84. The molecule has 1 aliphatic heterocycles.